The first-order chi connectivity index (χ1) is 19.9. The lowest BCUT2D eigenvalue weighted by Crippen LogP contribution is -2.49. The molecule has 1 saturated heterocycles. The second kappa shape index (κ2) is 11.5. The average molecular weight is 568 g/mol. The molecule has 41 heavy (non-hydrogen) atoms. The Morgan fingerprint density at radius 1 is 0.927 bits per heavy atom. The van der Waals surface area contributed by atoms with Crippen LogP contribution in [-0.4, -0.2) is 56.3 Å². The molecule has 1 N–H and O–H groups in total. The van der Waals surface area contributed by atoms with E-state index in [-0.39, 0.29) is 5.56 Å². The molecule has 1 aliphatic rings. The molecule has 0 aliphatic carbocycles. The van der Waals surface area contributed by atoms with E-state index in [9.17, 15) is 4.79 Å². The molecule has 2 aromatic heterocycles. The fourth-order valence-electron chi connectivity index (χ4n) is 5.83. The van der Waals surface area contributed by atoms with Crippen LogP contribution in [-0.2, 0) is 13.0 Å². The number of anilines is 1. The largest absolute Gasteiger partial charge is 0.369 e. The third kappa shape index (κ3) is 5.49. The van der Waals surface area contributed by atoms with Crippen molar-refractivity contribution < 1.29 is 0 Å². The zero-order valence-corrected chi connectivity index (χ0v) is 24.4. The third-order valence-corrected chi connectivity index (χ3v) is 8.56. The summed E-state index contributed by atoms with van der Waals surface area (Å²) in [4.78, 5) is 21.6. The lowest BCUT2D eigenvalue weighted by molar-refractivity contribution is 0.199. The smallest absolute Gasteiger partial charge is 0.253 e. The number of H-pyrrole nitrogens is 1. The minimum atomic E-state index is -0.391. The van der Waals surface area contributed by atoms with Crippen LogP contribution >= 0.6 is 11.6 Å². The predicted molar refractivity (Wildman–Crippen MR) is 164 cm³/mol. The fraction of sp³-hybridized carbons (Fsp3) is 0.312. The molecule has 0 spiro atoms. The number of fused-ring (bicyclic) bond motifs is 1. The molecule has 1 unspecified atom stereocenters. The Labute approximate surface area is 244 Å². The quantitative estimate of drug-likeness (QED) is 0.289. The van der Waals surface area contributed by atoms with Crippen LogP contribution < -0.4 is 10.5 Å². The van der Waals surface area contributed by atoms with Crippen LogP contribution in [0.2, 0.25) is 5.02 Å². The van der Waals surface area contributed by atoms with Gasteiger partial charge in [-0.2, -0.15) is 0 Å². The van der Waals surface area contributed by atoms with Crippen molar-refractivity contribution >= 4 is 28.2 Å². The van der Waals surface area contributed by atoms with Gasteiger partial charge in [-0.15, -0.1) is 5.10 Å². The van der Waals surface area contributed by atoms with Gasteiger partial charge >= 0.3 is 0 Å². The molecule has 6 rings (SSSR count). The van der Waals surface area contributed by atoms with Gasteiger partial charge < -0.3 is 9.88 Å². The first-order valence-corrected chi connectivity index (χ1v) is 14.4. The van der Waals surface area contributed by atoms with E-state index >= 15 is 0 Å². The molecule has 0 saturated carbocycles. The van der Waals surface area contributed by atoms with E-state index in [0.29, 0.717) is 17.9 Å². The highest BCUT2D eigenvalue weighted by atomic mass is 35.5. The number of benzene rings is 3. The van der Waals surface area contributed by atoms with Crippen molar-refractivity contribution in [2.75, 3.05) is 31.1 Å². The van der Waals surface area contributed by atoms with E-state index < -0.39 is 6.04 Å². The van der Waals surface area contributed by atoms with Gasteiger partial charge in [0.05, 0.1) is 5.52 Å². The summed E-state index contributed by atoms with van der Waals surface area (Å²) in [7, 11) is 0. The molecule has 3 aromatic carbocycles. The second-order valence-corrected chi connectivity index (χ2v) is 11.3. The van der Waals surface area contributed by atoms with Gasteiger partial charge in [-0.25, -0.2) is 4.68 Å². The van der Waals surface area contributed by atoms with E-state index in [0.717, 1.165) is 65.3 Å². The van der Waals surface area contributed by atoms with Crippen molar-refractivity contribution in [3.63, 3.8) is 0 Å². The number of pyridine rings is 1. The Balaban J connectivity index is 1.37. The molecule has 1 atom stereocenters. The maximum Gasteiger partial charge on any atom is 0.253 e. The summed E-state index contributed by atoms with van der Waals surface area (Å²) in [5, 5.41) is 14.7. The molecule has 5 aromatic rings. The van der Waals surface area contributed by atoms with Crippen molar-refractivity contribution in [2.24, 2.45) is 0 Å². The first kappa shape index (κ1) is 27.2. The number of aromatic amines is 1. The Bertz CT molecular complexity index is 1740. The highest BCUT2D eigenvalue weighted by molar-refractivity contribution is 6.30. The Hall–Kier alpha value is -4.01. The van der Waals surface area contributed by atoms with E-state index in [1.165, 1.54) is 11.1 Å². The van der Waals surface area contributed by atoms with E-state index in [1.54, 1.807) is 0 Å². The summed E-state index contributed by atoms with van der Waals surface area (Å²) in [5.74, 6) is 0.682. The van der Waals surface area contributed by atoms with Gasteiger partial charge in [0.15, 0.2) is 5.82 Å². The number of tetrazole rings is 1. The highest BCUT2D eigenvalue weighted by Crippen LogP contribution is 2.31. The molecular weight excluding hydrogens is 534 g/mol. The number of nitrogens with zero attached hydrogens (tertiary/aromatic N) is 6. The van der Waals surface area contributed by atoms with Crippen LogP contribution in [0.15, 0.2) is 71.5 Å². The fourth-order valence-corrected chi connectivity index (χ4v) is 6.00. The third-order valence-electron chi connectivity index (χ3n) is 8.32. The molecule has 0 radical (unpaired) electrons. The number of nitrogens with one attached hydrogen (secondary N) is 1. The number of halogens is 1. The van der Waals surface area contributed by atoms with Crippen LogP contribution in [0.4, 0.5) is 5.69 Å². The van der Waals surface area contributed by atoms with Gasteiger partial charge in [0.1, 0.15) is 6.04 Å². The summed E-state index contributed by atoms with van der Waals surface area (Å²) in [6.45, 7) is 9.92. The topological polar surface area (TPSA) is 82.9 Å². The number of hydrogen-bond acceptors (Lipinski definition) is 6. The standard InChI is InChI=1S/C32H34ClN7O/c1-21-9-11-25-19-27(32(41)34-29(25)23(21)3)30(31-35-36-37-40(31)14-13-24-7-5-4-6-8-24)39-17-15-38(16-18-39)28-20-26(33)12-10-22(28)2/h4-12,19-20,30H,13-18H2,1-3H3,(H,34,41). The summed E-state index contributed by atoms with van der Waals surface area (Å²) in [6, 6.07) is 22.1. The number of rotatable bonds is 7. The number of piperazine rings is 1. The van der Waals surface area contributed by atoms with Crippen LogP contribution in [0.1, 0.15) is 39.7 Å². The minimum Gasteiger partial charge on any atom is -0.369 e. The SMILES string of the molecule is Cc1ccc(Cl)cc1N1CCN(C(c2cc3ccc(C)c(C)c3[nH]c2=O)c2nnnn2CCc2ccccc2)CC1. The number of aromatic nitrogens is 5. The minimum absolute atomic E-state index is 0.109. The van der Waals surface area contributed by atoms with Gasteiger partial charge in [-0.05, 0) is 83.5 Å². The van der Waals surface area contributed by atoms with Gasteiger partial charge in [-0.3, -0.25) is 9.69 Å². The average Bonchev–Trinajstić information content (AvgIpc) is 3.45. The molecule has 8 nitrogen and oxygen atoms in total. The Morgan fingerprint density at radius 3 is 2.46 bits per heavy atom. The van der Waals surface area contributed by atoms with Crippen LogP contribution in [0.5, 0.6) is 0 Å². The van der Waals surface area contributed by atoms with Crippen molar-refractivity contribution in [3.8, 4) is 0 Å². The monoisotopic (exact) mass is 567 g/mol. The molecule has 210 valence electrons. The lowest BCUT2D eigenvalue weighted by Gasteiger charge is -2.40. The van der Waals surface area contributed by atoms with Crippen LogP contribution in [0.25, 0.3) is 10.9 Å². The maximum atomic E-state index is 13.7. The van der Waals surface area contributed by atoms with E-state index in [1.807, 2.05) is 48.0 Å². The summed E-state index contributed by atoms with van der Waals surface area (Å²) in [5.41, 5.74) is 7.21. The van der Waals surface area contributed by atoms with Gasteiger partial charge in [0.2, 0.25) is 0 Å². The Kier molecular flexibility index (Phi) is 7.60. The van der Waals surface area contributed by atoms with Gasteiger partial charge in [0, 0.05) is 49.0 Å². The summed E-state index contributed by atoms with van der Waals surface area (Å²) >= 11 is 6.34. The molecule has 1 aliphatic heterocycles. The van der Waals surface area contributed by atoms with Crippen molar-refractivity contribution in [3.05, 3.63) is 116 Å². The van der Waals surface area contributed by atoms with Gasteiger partial charge in [0.25, 0.3) is 5.56 Å². The van der Waals surface area contributed by atoms with E-state index in [4.69, 9.17) is 11.6 Å². The zero-order chi connectivity index (χ0) is 28.5. The summed E-state index contributed by atoms with van der Waals surface area (Å²) < 4.78 is 1.86. The second-order valence-electron chi connectivity index (χ2n) is 10.9. The zero-order valence-electron chi connectivity index (χ0n) is 23.6. The molecule has 0 bridgehead atoms. The van der Waals surface area contributed by atoms with Crippen molar-refractivity contribution in [1.82, 2.24) is 30.1 Å². The van der Waals surface area contributed by atoms with Crippen LogP contribution in [0.3, 0.4) is 0 Å². The molecular formula is C32H34ClN7O. The van der Waals surface area contributed by atoms with E-state index in [2.05, 4.69) is 74.5 Å². The van der Waals surface area contributed by atoms with Crippen molar-refractivity contribution in [2.45, 2.75) is 39.8 Å². The first-order valence-electron chi connectivity index (χ1n) is 14.1. The highest BCUT2D eigenvalue weighted by Gasteiger charge is 2.33. The normalized spacial score (nSPS) is 15.0. The molecule has 0 amide bonds. The molecule has 1 fully saturated rings. The Morgan fingerprint density at radius 2 is 1.68 bits per heavy atom. The lowest BCUT2D eigenvalue weighted by atomic mass is 9.99. The van der Waals surface area contributed by atoms with Gasteiger partial charge in [-0.1, -0.05) is 60.1 Å². The summed E-state index contributed by atoms with van der Waals surface area (Å²) in [6.07, 6.45) is 0.792. The molecule has 9 heteroatoms. The predicted octanol–water partition coefficient (Wildman–Crippen LogP) is 5.25. The number of hydrogen-bond donors (Lipinski definition) is 1. The number of aryl methyl sites for hydroxylation is 5. The van der Waals surface area contributed by atoms with Crippen molar-refractivity contribution in [1.29, 1.82) is 0 Å². The van der Waals surface area contributed by atoms with Crippen LogP contribution in [0, 0.1) is 20.8 Å². The maximum absolute atomic E-state index is 13.7. The molecule has 3 heterocycles.